The van der Waals surface area contributed by atoms with E-state index < -0.39 is 0 Å². The highest BCUT2D eigenvalue weighted by Gasteiger charge is 2.28. The molecule has 1 atom stereocenters. The van der Waals surface area contributed by atoms with Crippen molar-refractivity contribution < 1.29 is 4.74 Å². The molecule has 2 radical (unpaired) electrons. The molecule has 1 unspecified atom stereocenters. The summed E-state index contributed by atoms with van der Waals surface area (Å²) in [5.41, 5.74) is 0.206. The van der Waals surface area contributed by atoms with Crippen molar-refractivity contribution in [1.29, 1.82) is 0 Å². The molecule has 0 aromatic carbocycles. The van der Waals surface area contributed by atoms with Gasteiger partial charge in [-0.1, -0.05) is 20.8 Å². The van der Waals surface area contributed by atoms with Crippen molar-refractivity contribution in [3.8, 4) is 0 Å². The second kappa shape index (κ2) is 3.15. The molecule has 1 heterocycles. The lowest BCUT2D eigenvalue weighted by Gasteiger charge is -2.38. The van der Waals surface area contributed by atoms with E-state index in [2.05, 4.69) is 20.8 Å². The van der Waals surface area contributed by atoms with Gasteiger partial charge in [0.2, 0.25) is 0 Å². The van der Waals surface area contributed by atoms with Crippen molar-refractivity contribution in [3.63, 3.8) is 0 Å². The zero-order valence-electron chi connectivity index (χ0n) is 7.63. The van der Waals surface area contributed by atoms with Crippen LogP contribution in [0, 0.1) is 5.41 Å². The first-order valence-corrected chi connectivity index (χ1v) is 4.11. The molecule has 1 aliphatic heterocycles. The van der Waals surface area contributed by atoms with Crippen LogP contribution in [0.5, 0.6) is 0 Å². The molecule has 1 fully saturated rings. The van der Waals surface area contributed by atoms with Gasteiger partial charge in [0.25, 0.3) is 0 Å². The molecule has 0 saturated carbocycles. The Bertz CT molecular complexity index is 133. The molecule has 0 spiro atoms. The molecule has 11 heavy (non-hydrogen) atoms. The summed E-state index contributed by atoms with van der Waals surface area (Å²) >= 11 is 0. The Morgan fingerprint density at radius 3 is 2.45 bits per heavy atom. The number of rotatable bonds is 0. The van der Waals surface area contributed by atoms with Gasteiger partial charge in [-0.15, -0.1) is 0 Å². The van der Waals surface area contributed by atoms with Crippen LogP contribution in [-0.2, 0) is 4.74 Å². The number of nitrogens with zero attached hydrogens (tertiary/aromatic N) is 1. The van der Waals surface area contributed by atoms with Gasteiger partial charge in [0.05, 0.1) is 12.7 Å². The average molecular weight is 153 g/mol. The third-order valence-corrected chi connectivity index (χ3v) is 2.06. The van der Waals surface area contributed by atoms with E-state index in [4.69, 9.17) is 12.7 Å². The topological polar surface area (TPSA) is 12.5 Å². The molecule has 1 rings (SSSR count). The van der Waals surface area contributed by atoms with Crippen molar-refractivity contribution in [1.82, 2.24) is 4.81 Å². The highest BCUT2D eigenvalue weighted by Crippen LogP contribution is 2.24. The van der Waals surface area contributed by atoms with Gasteiger partial charge in [-0.25, -0.2) is 0 Å². The van der Waals surface area contributed by atoms with Crippen LogP contribution in [0.2, 0.25) is 0 Å². The maximum atomic E-state index is 5.68. The summed E-state index contributed by atoms with van der Waals surface area (Å²) in [4.78, 5) is 1.83. The fourth-order valence-corrected chi connectivity index (χ4v) is 1.19. The number of ether oxygens (including phenoxy) is 1. The van der Waals surface area contributed by atoms with Crippen LogP contribution in [0.25, 0.3) is 0 Å². The first-order valence-electron chi connectivity index (χ1n) is 4.11. The van der Waals surface area contributed by atoms with E-state index in [1.165, 1.54) is 0 Å². The standard InChI is InChI=1S/C8H16BNO/c1-8(2,3)7-6-10(9)4-5-11-7/h7H,4-6H2,1-3H3. The molecule has 0 aromatic heterocycles. The van der Waals surface area contributed by atoms with Crippen LogP contribution in [0.4, 0.5) is 0 Å². The van der Waals surface area contributed by atoms with Gasteiger partial charge in [-0.3, -0.25) is 0 Å². The van der Waals surface area contributed by atoms with Crippen LogP contribution in [0.15, 0.2) is 0 Å². The highest BCUT2D eigenvalue weighted by molar-refractivity contribution is 6.04. The number of morpholine rings is 1. The third kappa shape index (κ3) is 2.49. The Kier molecular flexibility index (Phi) is 2.60. The molecule has 0 bridgehead atoms. The van der Waals surface area contributed by atoms with Gasteiger partial charge in [0.15, 0.2) is 7.98 Å². The monoisotopic (exact) mass is 153 g/mol. The molecule has 3 heteroatoms. The predicted octanol–water partition coefficient (Wildman–Crippen LogP) is 0.817. The maximum absolute atomic E-state index is 5.68. The minimum Gasteiger partial charge on any atom is -0.375 e. The molecule has 0 N–H and O–H groups in total. The van der Waals surface area contributed by atoms with Crippen LogP contribution in [0.3, 0.4) is 0 Å². The lowest BCUT2D eigenvalue weighted by molar-refractivity contribution is -0.0590. The number of hydrogen-bond acceptors (Lipinski definition) is 2. The first kappa shape index (κ1) is 9.08. The van der Waals surface area contributed by atoms with Crippen molar-refractivity contribution >= 4 is 7.98 Å². The largest absolute Gasteiger partial charge is 0.375 e. The number of hydrogen-bond donors (Lipinski definition) is 0. The lowest BCUT2D eigenvalue weighted by atomic mass is 9.87. The lowest BCUT2D eigenvalue weighted by Crippen LogP contribution is -2.46. The van der Waals surface area contributed by atoms with Crippen molar-refractivity contribution in [3.05, 3.63) is 0 Å². The van der Waals surface area contributed by atoms with E-state index in [0.29, 0.717) is 0 Å². The predicted molar refractivity (Wildman–Crippen MR) is 46.5 cm³/mol. The molecule has 62 valence electrons. The van der Waals surface area contributed by atoms with E-state index in [9.17, 15) is 0 Å². The summed E-state index contributed by atoms with van der Waals surface area (Å²) in [5, 5.41) is 0. The van der Waals surface area contributed by atoms with Crippen LogP contribution < -0.4 is 0 Å². The fourth-order valence-electron chi connectivity index (χ4n) is 1.19. The summed E-state index contributed by atoms with van der Waals surface area (Å²) in [7, 11) is 5.68. The summed E-state index contributed by atoms with van der Waals surface area (Å²) in [5.74, 6) is 0. The van der Waals surface area contributed by atoms with Crippen LogP contribution in [0.1, 0.15) is 20.8 Å². The molecular formula is C8H16BNO. The Labute approximate surface area is 70.3 Å². The second-order valence-corrected chi connectivity index (χ2v) is 4.22. The minimum atomic E-state index is 0.206. The third-order valence-electron chi connectivity index (χ3n) is 2.06. The molecule has 1 saturated heterocycles. The molecule has 1 aliphatic rings. The highest BCUT2D eigenvalue weighted by atomic mass is 16.5. The fraction of sp³-hybridized carbons (Fsp3) is 1.00. The molecule has 0 amide bonds. The summed E-state index contributed by atoms with van der Waals surface area (Å²) in [6.45, 7) is 9.00. The normalized spacial score (nSPS) is 28.8. The van der Waals surface area contributed by atoms with Crippen molar-refractivity contribution in [2.45, 2.75) is 26.9 Å². The van der Waals surface area contributed by atoms with Gasteiger partial charge in [-0.05, 0) is 5.41 Å². The van der Waals surface area contributed by atoms with E-state index >= 15 is 0 Å². The van der Waals surface area contributed by atoms with Gasteiger partial charge in [0.1, 0.15) is 0 Å². The van der Waals surface area contributed by atoms with Crippen molar-refractivity contribution in [2.75, 3.05) is 19.7 Å². The molecule has 0 aromatic rings. The molecule has 0 aliphatic carbocycles. The smallest absolute Gasteiger partial charge is 0.182 e. The van der Waals surface area contributed by atoms with Gasteiger partial charge in [-0.2, -0.15) is 0 Å². The quantitative estimate of drug-likeness (QED) is 0.477. The van der Waals surface area contributed by atoms with E-state index in [1.807, 2.05) is 4.81 Å². The summed E-state index contributed by atoms with van der Waals surface area (Å²) < 4.78 is 5.59. The zero-order chi connectivity index (χ0) is 8.48. The Hall–Kier alpha value is -0.0151. The minimum absolute atomic E-state index is 0.206. The second-order valence-electron chi connectivity index (χ2n) is 4.22. The van der Waals surface area contributed by atoms with Gasteiger partial charge >= 0.3 is 0 Å². The molecular weight excluding hydrogens is 137 g/mol. The van der Waals surface area contributed by atoms with Crippen molar-refractivity contribution in [2.24, 2.45) is 5.41 Å². The Morgan fingerprint density at radius 2 is 2.09 bits per heavy atom. The van der Waals surface area contributed by atoms with Gasteiger partial charge in [0, 0.05) is 13.1 Å². The zero-order valence-corrected chi connectivity index (χ0v) is 7.63. The summed E-state index contributed by atoms with van der Waals surface area (Å²) in [6, 6.07) is 0. The Morgan fingerprint density at radius 1 is 1.45 bits per heavy atom. The van der Waals surface area contributed by atoms with E-state index in [1.54, 1.807) is 0 Å². The van der Waals surface area contributed by atoms with E-state index in [-0.39, 0.29) is 11.5 Å². The average Bonchev–Trinajstić information content (AvgIpc) is 1.86. The maximum Gasteiger partial charge on any atom is 0.182 e. The molecule has 2 nitrogen and oxygen atoms in total. The van der Waals surface area contributed by atoms with E-state index in [0.717, 1.165) is 19.7 Å². The van der Waals surface area contributed by atoms with Crippen LogP contribution >= 0.6 is 0 Å². The summed E-state index contributed by atoms with van der Waals surface area (Å²) in [6.07, 6.45) is 0.279. The van der Waals surface area contributed by atoms with Gasteiger partial charge < -0.3 is 9.55 Å². The van der Waals surface area contributed by atoms with Crippen LogP contribution in [-0.4, -0.2) is 38.6 Å². The Balaban J connectivity index is 2.46. The SMILES string of the molecule is [B]N1CCOC(C(C)(C)C)C1. The first-order chi connectivity index (χ1) is 5.00.